The summed E-state index contributed by atoms with van der Waals surface area (Å²) < 4.78 is 5.07. The number of nitrogens with zero attached hydrogens (tertiary/aromatic N) is 1. The van der Waals surface area contributed by atoms with Gasteiger partial charge in [-0.2, -0.15) is 5.10 Å². The van der Waals surface area contributed by atoms with E-state index < -0.39 is 0 Å². The van der Waals surface area contributed by atoms with Gasteiger partial charge in [0, 0.05) is 12.5 Å². The molecular formula is C13H18N4O2. The van der Waals surface area contributed by atoms with Crippen LogP contribution in [0.25, 0.3) is 0 Å². The van der Waals surface area contributed by atoms with E-state index in [1.165, 1.54) is 0 Å². The maximum Gasteiger partial charge on any atom is 0.224 e. The molecule has 2 unspecified atom stereocenters. The zero-order valence-electron chi connectivity index (χ0n) is 11.0. The van der Waals surface area contributed by atoms with Crippen molar-refractivity contribution < 1.29 is 9.53 Å². The lowest BCUT2D eigenvalue weighted by Gasteiger charge is -2.28. The van der Waals surface area contributed by atoms with E-state index >= 15 is 0 Å². The minimum absolute atomic E-state index is 0.0170. The van der Waals surface area contributed by atoms with Gasteiger partial charge in [0.05, 0.1) is 13.3 Å². The Kier molecular flexibility index (Phi) is 4.35. The third-order valence-corrected chi connectivity index (χ3v) is 2.78. The second kappa shape index (κ2) is 6.19. The summed E-state index contributed by atoms with van der Waals surface area (Å²) in [5, 5.41) is 10.0. The number of amides is 1. The van der Waals surface area contributed by atoms with Crippen LogP contribution in [0.5, 0.6) is 5.75 Å². The van der Waals surface area contributed by atoms with Crippen LogP contribution < -0.4 is 20.8 Å². The van der Waals surface area contributed by atoms with Crippen molar-refractivity contribution in [1.29, 1.82) is 0 Å². The van der Waals surface area contributed by atoms with Crippen LogP contribution in [0.4, 0.5) is 0 Å². The highest BCUT2D eigenvalue weighted by molar-refractivity contribution is 5.79. The summed E-state index contributed by atoms with van der Waals surface area (Å²) in [4.78, 5) is 11.3. The van der Waals surface area contributed by atoms with Crippen molar-refractivity contribution in [3.8, 4) is 5.75 Å². The van der Waals surface area contributed by atoms with Crippen LogP contribution in [-0.2, 0) is 4.79 Å². The smallest absolute Gasteiger partial charge is 0.224 e. The number of hydrazone groups is 1. The molecule has 1 heterocycles. The fourth-order valence-electron chi connectivity index (χ4n) is 1.83. The molecule has 6 nitrogen and oxygen atoms in total. The molecule has 3 N–H and O–H groups in total. The van der Waals surface area contributed by atoms with Crippen LogP contribution in [0.15, 0.2) is 29.4 Å². The predicted molar refractivity (Wildman–Crippen MR) is 72.9 cm³/mol. The Labute approximate surface area is 112 Å². The summed E-state index contributed by atoms with van der Waals surface area (Å²) >= 11 is 0. The molecule has 1 aromatic carbocycles. The Morgan fingerprint density at radius 1 is 1.42 bits per heavy atom. The number of methoxy groups -OCH3 is 1. The first kappa shape index (κ1) is 13.4. The zero-order valence-corrected chi connectivity index (χ0v) is 11.0. The van der Waals surface area contributed by atoms with Gasteiger partial charge in [-0.25, -0.2) is 0 Å². The van der Waals surface area contributed by atoms with Crippen LogP contribution in [0.3, 0.4) is 0 Å². The molecule has 1 aromatic rings. The third kappa shape index (κ3) is 3.96. The summed E-state index contributed by atoms with van der Waals surface area (Å²) in [5.74, 6) is 0.823. The van der Waals surface area contributed by atoms with Crippen LogP contribution in [0, 0.1) is 0 Å². The van der Waals surface area contributed by atoms with Gasteiger partial charge in [-0.15, -0.1) is 0 Å². The van der Waals surface area contributed by atoms with E-state index in [-0.39, 0.29) is 18.2 Å². The summed E-state index contributed by atoms with van der Waals surface area (Å²) in [7, 11) is 1.63. The Morgan fingerprint density at radius 2 is 2.16 bits per heavy atom. The lowest BCUT2D eigenvalue weighted by molar-refractivity contribution is -0.124. The van der Waals surface area contributed by atoms with E-state index in [1.54, 1.807) is 13.3 Å². The topological polar surface area (TPSA) is 74.8 Å². The van der Waals surface area contributed by atoms with Crippen molar-refractivity contribution in [2.24, 2.45) is 5.10 Å². The molecule has 1 aliphatic rings. The molecule has 0 spiro atoms. The summed E-state index contributed by atoms with van der Waals surface area (Å²) in [6.45, 7) is 1.96. The number of ether oxygens (including phenoxy) is 1. The van der Waals surface area contributed by atoms with Gasteiger partial charge in [-0.05, 0) is 36.8 Å². The molecule has 1 amide bonds. The fraction of sp³-hybridized carbons (Fsp3) is 0.385. The van der Waals surface area contributed by atoms with Gasteiger partial charge in [0.15, 0.2) is 6.29 Å². The van der Waals surface area contributed by atoms with Crippen LogP contribution in [0.2, 0.25) is 0 Å². The largest absolute Gasteiger partial charge is 0.497 e. The minimum atomic E-state index is -0.328. The Bertz CT molecular complexity index is 458. The number of nitrogens with one attached hydrogen (secondary N) is 3. The van der Waals surface area contributed by atoms with Crippen LogP contribution in [0.1, 0.15) is 18.9 Å². The maximum atomic E-state index is 11.3. The molecular weight excluding hydrogens is 244 g/mol. The third-order valence-electron chi connectivity index (χ3n) is 2.78. The number of benzene rings is 1. The second-order valence-electron chi connectivity index (χ2n) is 4.43. The zero-order chi connectivity index (χ0) is 13.7. The molecule has 0 aromatic heterocycles. The summed E-state index contributed by atoms with van der Waals surface area (Å²) in [6.07, 6.45) is 1.85. The summed E-state index contributed by atoms with van der Waals surface area (Å²) in [6, 6.07) is 7.68. The van der Waals surface area contributed by atoms with Crippen molar-refractivity contribution in [2.45, 2.75) is 25.7 Å². The SMILES string of the molecule is COc1ccc(/C=N/NC2NC(=O)CC(C)N2)cc1. The highest BCUT2D eigenvalue weighted by Crippen LogP contribution is 2.09. The van der Waals surface area contributed by atoms with Crippen molar-refractivity contribution in [2.75, 3.05) is 7.11 Å². The maximum absolute atomic E-state index is 11.3. The number of carbonyl (C=O) groups is 1. The fourth-order valence-corrected chi connectivity index (χ4v) is 1.83. The molecule has 2 atom stereocenters. The van der Waals surface area contributed by atoms with Crippen molar-refractivity contribution in [3.05, 3.63) is 29.8 Å². The van der Waals surface area contributed by atoms with Crippen molar-refractivity contribution in [1.82, 2.24) is 16.1 Å². The van der Waals surface area contributed by atoms with Gasteiger partial charge >= 0.3 is 0 Å². The van der Waals surface area contributed by atoms with E-state index in [0.717, 1.165) is 11.3 Å². The normalized spacial score (nSPS) is 23.2. The van der Waals surface area contributed by atoms with Crippen LogP contribution in [-0.4, -0.2) is 31.6 Å². The van der Waals surface area contributed by atoms with Gasteiger partial charge in [0.1, 0.15) is 5.75 Å². The first-order valence-electron chi connectivity index (χ1n) is 6.15. The predicted octanol–water partition coefficient (Wildman–Crippen LogP) is 0.400. The van der Waals surface area contributed by atoms with Gasteiger partial charge in [-0.3, -0.25) is 15.5 Å². The molecule has 0 aliphatic carbocycles. The molecule has 1 fully saturated rings. The van der Waals surface area contributed by atoms with Gasteiger partial charge in [0.25, 0.3) is 0 Å². The van der Waals surface area contributed by atoms with Gasteiger partial charge in [0.2, 0.25) is 5.91 Å². The Hall–Kier alpha value is -2.08. The standard InChI is InChI=1S/C13H18N4O2/c1-9-7-12(18)16-13(15-9)17-14-8-10-3-5-11(19-2)6-4-10/h3-6,8-9,13,15,17H,7H2,1-2H3,(H,16,18)/b14-8+. The molecule has 6 heteroatoms. The van der Waals surface area contributed by atoms with Gasteiger partial charge < -0.3 is 10.1 Å². The van der Waals surface area contributed by atoms with E-state index in [1.807, 2.05) is 31.2 Å². The van der Waals surface area contributed by atoms with Crippen molar-refractivity contribution in [3.63, 3.8) is 0 Å². The molecule has 0 saturated carbocycles. The summed E-state index contributed by atoms with van der Waals surface area (Å²) in [5.41, 5.74) is 3.80. The van der Waals surface area contributed by atoms with E-state index in [2.05, 4.69) is 21.2 Å². The monoisotopic (exact) mass is 262 g/mol. The molecule has 1 aliphatic heterocycles. The average molecular weight is 262 g/mol. The Balaban J connectivity index is 1.86. The van der Waals surface area contributed by atoms with Gasteiger partial charge in [-0.1, -0.05) is 0 Å². The molecule has 102 valence electrons. The number of rotatable bonds is 4. The average Bonchev–Trinajstić information content (AvgIpc) is 2.38. The van der Waals surface area contributed by atoms with Crippen molar-refractivity contribution >= 4 is 12.1 Å². The molecule has 19 heavy (non-hydrogen) atoms. The van der Waals surface area contributed by atoms with E-state index in [9.17, 15) is 4.79 Å². The Morgan fingerprint density at radius 3 is 2.79 bits per heavy atom. The minimum Gasteiger partial charge on any atom is -0.497 e. The quantitative estimate of drug-likeness (QED) is 0.542. The first-order valence-corrected chi connectivity index (χ1v) is 6.15. The highest BCUT2D eigenvalue weighted by Gasteiger charge is 2.21. The van der Waals surface area contributed by atoms with E-state index in [0.29, 0.717) is 6.42 Å². The lowest BCUT2D eigenvalue weighted by atomic mass is 10.2. The number of hydrogen-bond acceptors (Lipinski definition) is 5. The molecule has 0 bridgehead atoms. The van der Waals surface area contributed by atoms with Crippen LogP contribution >= 0.6 is 0 Å². The molecule has 2 rings (SSSR count). The number of carbonyl (C=O) groups excluding carboxylic acids is 1. The molecule has 0 radical (unpaired) electrons. The first-order chi connectivity index (χ1) is 9.17. The highest BCUT2D eigenvalue weighted by atomic mass is 16.5. The lowest BCUT2D eigenvalue weighted by Crippen LogP contribution is -2.60. The van der Waals surface area contributed by atoms with E-state index in [4.69, 9.17) is 4.74 Å². The molecule has 1 saturated heterocycles. The second-order valence-corrected chi connectivity index (χ2v) is 4.43. The number of hydrogen-bond donors (Lipinski definition) is 3.